The second-order valence-corrected chi connectivity index (χ2v) is 4.89. The average Bonchev–Trinajstić information content (AvgIpc) is 2.41. The van der Waals surface area contributed by atoms with E-state index in [9.17, 15) is 9.18 Å². The predicted molar refractivity (Wildman–Crippen MR) is 80.6 cm³/mol. The summed E-state index contributed by atoms with van der Waals surface area (Å²) in [6, 6.07) is 13.0. The number of nitrogens with zero attached hydrogens (tertiary/aromatic N) is 1. The number of nitrogens with one attached hydrogen (secondary N) is 1. The summed E-state index contributed by atoms with van der Waals surface area (Å²) in [5.41, 5.74) is 3.68. The number of hydrogen-bond acceptors (Lipinski definition) is 2. The highest BCUT2D eigenvalue weighted by molar-refractivity contribution is 14.1. The first-order chi connectivity index (χ1) is 9.16. The molecule has 0 heterocycles. The molecule has 0 spiro atoms. The van der Waals surface area contributed by atoms with Gasteiger partial charge in [-0.2, -0.15) is 5.10 Å². The van der Waals surface area contributed by atoms with Gasteiger partial charge in [0.1, 0.15) is 5.82 Å². The highest BCUT2D eigenvalue weighted by Crippen LogP contribution is 2.08. The summed E-state index contributed by atoms with van der Waals surface area (Å²) in [5.74, 6) is -0.749. The molecule has 0 aromatic heterocycles. The van der Waals surface area contributed by atoms with Gasteiger partial charge in [0.15, 0.2) is 0 Å². The van der Waals surface area contributed by atoms with E-state index in [1.807, 2.05) is 24.3 Å². The van der Waals surface area contributed by atoms with Crippen LogP contribution in [-0.2, 0) is 0 Å². The van der Waals surface area contributed by atoms with Gasteiger partial charge in [0.2, 0.25) is 0 Å². The van der Waals surface area contributed by atoms with E-state index in [1.165, 1.54) is 24.3 Å². The van der Waals surface area contributed by atoms with Crippen molar-refractivity contribution in [3.05, 3.63) is 69.0 Å². The number of carbonyl (C=O) groups is 1. The molecular formula is C14H10FIN2O. The first-order valence-electron chi connectivity index (χ1n) is 5.50. The van der Waals surface area contributed by atoms with Crippen molar-refractivity contribution >= 4 is 34.7 Å². The lowest BCUT2D eigenvalue weighted by molar-refractivity contribution is 0.0955. The average molecular weight is 368 g/mol. The molecule has 19 heavy (non-hydrogen) atoms. The third kappa shape index (κ3) is 3.85. The fourth-order valence-corrected chi connectivity index (χ4v) is 1.93. The SMILES string of the molecule is O=C(N/N=C\c1ccccc1I)c1ccc(F)cc1. The number of amides is 1. The fourth-order valence-electron chi connectivity index (χ4n) is 1.41. The highest BCUT2D eigenvalue weighted by atomic mass is 127. The molecule has 0 saturated heterocycles. The van der Waals surface area contributed by atoms with Crippen LogP contribution in [0.1, 0.15) is 15.9 Å². The molecule has 0 unspecified atom stereocenters. The standard InChI is InChI=1S/C14H10FIN2O/c15-12-7-5-10(6-8-12)14(19)18-17-9-11-3-1-2-4-13(11)16/h1-9H,(H,18,19)/b17-9-. The highest BCUT2D eigenvalue weighted by Gasteiger charge is 2.03. The molecule has 2 rings (SSSR count). The molecule has 0 aliphatic carbocycles. The minimum Gasteiger partial charge on any atom is -0.267 e. The summed E-state index contributed by atoms with van der Waals surface area (Å²) in [5, 5.41) is 3.88. The molecule has 0 atom stereocenters. The zero-order valence-corrected chi connectivity index (χ0v) is 12.0. The summed E-state index contributed by atoms with van der Waals surface area (Å²) < 4.78 is 13.7. The van der Waals surface area contributed by atoms with Gasteiger partial charge < -0.3 is 0 Å². The van der Waals surface area contributed by atoms with E-state index in [0.717, 1.165) is 9.13 Å². The van der Waals surface area contributed by atoms with Crippen LogP contribution in [0.15, 0.2) is 53.6 Å². The summed E-state index contributed by atoms with van der Waals surface area (Å²) >= 11 is 2.19. The van der Waals surface area contributed by atoms with Crippen molar-refractivity contribution in [1.29, 1.82) is 0 Å². The third-order valence-electron chi connectivity index (χ3n) is 2.38. The van der Waals surface area contributed by atoms with Crippen molar-refractivity contribution in [3.63, 3.8) is 0 Å². The van der Waals surface area contributed by atoms with Crippen LogP contribution in [0.3, 0.4) is 0 Å². The number of hydrogen-bond donors (Lipinski definition) is 1. The quantitative estimate of drug-likeness (QED) is 0.505. The molecule has 0 aliphatic rings. The van der Waals surface area contributed by atoms with Gasteiger partial charge in [-0.3, -0.25) is 4.79 Å². The van der Waals surface area contributed by atoms with Crippen LogP contribution in [0.4, 0.5) is 4.39 Å². The maximum Gasteiger partial charge on any atom is 0.271 e. The van der Waals surface area contributed by atoms with Crippen molar-refractivity contribution in [1.82, 2.24) is 5.43 Å². The molecule has 0 aliphatic heterocycles. The van der Waals surface area contributed by atoms with Crippen molar-refractivity contribution < 1.29 is 9.18 Å². The number of benzene rings is 2. The molecule has 1 N–H and O–H groups in total. The zero-order valence-electron chi connectivity index (χ0n) is 9.81. The molecule has 1 amide bonds. The second kappa shape index (κ2) is 6.42. The second-order valence-electron chi connectivity index (χ2n) is 3.73. The van der Waals surface area contributed by atoms with Gasteiger partial charge in [0.25, 0.3) is 5.91 Å². The Kier molecular flexibility index (Phi) is 4.62. The van der Waals surface area contributed by atoms with E-state index < -0.39 is 0 Å². The van der Waals surface area contributed by atoms with Gasteiger partial charge >= 0.3 is 0 Å². The topological polar surface area (TPSA) is 41.5 Å². The van der Waals surface area contributed by atoms with Crippen LogP contribution in [0.2, 0.25) is 0 Å². The molecule has 2 aromatic rings. The molecule has 5 heteroatoms. The number of hydrazone groups is 1. The number of carbonyl (C=O) groups excluding carboxylic acids is 1. The monoisotopic (exact) mass is 368 g/mol. The van der Waals surface area contributed by atoms with Crippen molar-refractivity contribution in [2.75, 3.05) is 0 Å². The Balaban J connectivity index is 2.01. The summed E-state index contributed by atoms with van der Waals surface area (Å²) in [4.78, 5) is 11.7. The lowest BCUT2D eigenvalue weighted by atomic mass is 10.2. The Labute approximate surface area is 123 Å². The lowest BCUT2D eigenvalue weighted by Gasteiger charge is -2.00. The van der Waals surface area contributed by atoms with Gasteiger partial charge in [0.05, 0.1) is 6.21 Å². The fraction of sp³-hybridized carbons (Fsp3) is 0. The Hall–Kier alpha value is -1.76. The zero-order chi connectivity index (χ0) is 13.7. The first-order valence-corrected chi connectivity index (χ1v) is 6.58. The lowest BCUT2D eigenvalue weighted by Crippen LogP contribution is -2.17. The largest absolute Gasteiger partial charge is 0.271 e. The molecule has 3 nitrogen and oxygen atoms in total. The molecule has 0 fully saturated rings. The van der Waals surface area contributed by atoms with E-state index in [0.29, 0.717) is 5.56 Å². The van der Waals surface area contributed by atoms with E-state index in [-0.39, 0.29) is 11.7 Å². The molecule has 0 saturated carbocycles. The third-order valence-corrected chi connectivity index (χ3v) is 3.36. The maximum absolute atomic E-state index is 12.7. The van der Waals surface area contributed by atoms with Crippen LogP contribution < -0.4 is 5.43 Å². The van der Waals surface area contributed by atoms with Crippen molar-refractivity contribution in [2.24, 2.45) is 5.10 Å². The molecule has 0 bridgehead atoms. The number of rotatable bonds is 3. The first kappa shape index (κ1) is 13.7. The molecule has 96 valence electrons. The number of halogens is 2. The van der Waals surface area contributed by atoms with Gasteiger partial charge in [-0.15, -0.1) is 0 Å². The van der Waals surface area contributed by atoms with Gasteiger partial charge in [-0.25, -0.2) is 9.82 Å². The molecule has 0 radical (unpaired) electrons. The summed E-state index contributed by atoms with van der Waals surface area (Å²) in [6.45, 7) is 0. The van der Waals surface area contributed by atoms with E-state index in [4.69, 9.17) is 0 Å². The predicted octanol–water partition coefficient (Wildman–Crippen LogP) is 3.19. The maximum atomic E-state index is 12.7. The van der Waals surface area contributed by atoms with Crippen LogP contribution in [-0.4, -0.2) is 12.1 Å². The molecule has 2 aromatic carbocycles. The normalized spacial score (nSPS) is 10.6. The van der Waals surface area contributed by atoms with Crippen molar-refractivity contribution in [2.45, 2.75) is 0 Å². The van der Waals surface area contributed by atoms with Crippen LogP contribution in [0.5, 0.6) is 0 Å². The summed E-state index contributed by atoms with van der Waals surface area (Å²) in [7, 11) is 0. The van der Waals surface area contributed by atoms with Crippen molar-refractivity contribution in [3.8, 4) is 0 Å². The summed E-state index contributed by atoms with van der Waals surface area (Å²) in [6.07, 6.45) is 1.57. The van der Waals surface area contributed by atoms with Gasteiger partial charge in [0, 0.05) is 14.7 Å². The Morgan fingerprint density at radius 3 is 2.53 bits per heavy atom. The Morgan fingerprint density at radius 1 is 1.16 bits per heavy atom. The minimum atomic E-state index is -0.376. The van der Waals surface area contributed by atoms with E-state index in [2.05, 4.69) is 33.1 Å². The van der Waals surface area contributed by atoms with Gasteiger partial charge in [-0.1, -0.05) is 18.2 Å². The van der Waals surface area contributed by atoms with Crippen LogP contribution in [0.25, 0.3) is 0 Å². The minimum absolute atomic E-state index is 0.362. The Morgan fingerprint density at radius 2 is 1.84 bits per heavy atom. The smallest absolute Gasteiger partial charge is 0.267 e. The molecular weight excluding hydrogens is 358 g/mol. The van der Waals surface area contributed by atoms with Gasteiger partial charge in [-0.05, 0) is 52.9 Å². The van der Waals surface area contributed by atoms with Crippen LogP contribution >= 0.6 is 22.6 Å². The van der Waals surface area contributed by atoms with Crippen LogP contribution in [0, 0.1) is 9.39 Å². The Bertz CT molecular complexity index is 611. The van der Waals surface area contributed by atoms with E-state index >= 15 is 0 Å². The van der Waals surface area contributed by atoms with E-state index in [1.54, 1.807) is 6.21 Å².